The number of alkyl halides is 1. The van der Waals surface area contributed by atoms with Crippen molar-refractivity contribution in [3.63, 3.8) is 0 Å². The maximum atomic E-state index is 11.7. The number of halogens is 1. The van der Waals surface area contributed by atoms with Gasteiger partial charge in [0.1, 0.15) is 0 Å². The number of nitrogens with one attached hydrogen (secondary N) is 1. The summed E-state index contributed by atoms with van der Waals surface area (Å²) in [6.45, 7) is 3.53. The highest BCUT2D eigenvalue weighted by Gasteiger charge is 2.22. The third-order valence-electron chi connectivity index (χ3n) is 2.62. The van der Waals surface area contributed by atoms with Crippen LogP contribution in [-0.2, 0) is 9.53 Å². The predicted octanol–water partition coefficient (Wildman–Crippen LogP) is 1.70. The Balaban J connectivity index is 2.32. The quantitative estimate of drug-likeness (QED) is 0.785. The van der Waals surface area contributed by atoms with E-state index in [1.807, 2.05) is 0 Å². The Morgan fingerprint density at radius 3 is 2.71 bits per heavy atom. The zero-order chi connectivity index (χ0) is 10.4. The fourth-order valence-corrected chi connectivity index (χ4v) is 2.15. The summed E-state index contributed by atoms with van der Waals surface area (Å²) < 4.78 is 5.22. The van der Waals surface area contributed by atoms with Gasteiger partial charge in [-0.15, -0.1) is 0 Å². The van der Waals surface area contributed by atoms with Gasteiger partial charge in [-0.1, -0.05) is 22.9 Å². The van der Waals surface area contributed by atoms with E-state index in [1.54, 1.807) is 0 Å². The van der Waals surface area contributed by atoms with Gasteiger partial charge in [-0.2, -0.15) is 0 Å². The summed E-state index contributed by atoms with van der Waals surface area (Å²) in [5, 5.41) is 3.88. The molecule has 1 N–H and O–H groups in total. The molecule has 0 radical (unpaired) electrons. The van der Waals surface area contributed by atoms with Gasteiger partial charge in [0.25, 0.3) is 0 Å². The van der Waals surface area contributed by atoms with Gasteiger partial charge >= 0.3 is 0 Å². The number of ether oxygens (including phenoxy) is 1. The van der Waals surface area contributed by atoms with E-state index in [-0.39, 0.29) is 17.9 Å². The van der Waals surface area contributed by atoms with Crippen molar-refractivity contribution in [2.75, 3.05) is 18.5 Å². The summed E-state index contributed by atoms with van der Waals surface area (Å²) in [4.78, 5) is 11.7. The van der Waals surface area contributed by atoms with Crippen LogP contribution in [0.3, 0.4) is 0 Å². The summed E-state index contributed by atoms with van der Waals surface area (Å²) >= 11 is 3.39. The zero-order valence-corrected chi connectivity index (χ0v) is 10.2. The minimum Gasteiger partial charge on any atom is -0.381 e. The van der Waals surface area contributed by atoms with Crippen LogP contribution in [0, 0.1) is 5.92 Å². The molecular formula is C10H18BrNO2. The third-order valence-corrected chi connectivity index (χ3v) is 3.40. The van der Waals surface area contributed by atoms with Crippen LogP contribution < -0.4 is 5.32 Å². The second-order valence-corrected chi connectivity index (χ2v) is 4.30. The average molecular weight is 264 g/mol. The summed E-state index contributed by atoms with van der Waals surface area (Å²) in [7, 11) is 0. The first kappa shape index (κ1) is 12.0. The van der Waals surface area contributed by atoms with Crippen molar-refractivity contribution in [3.05, 3.63) is 0 Å². The Kier molecular flexibility index (Phi) is 5.48. The molecule has 1 saturated heterocycles. The Hall–Kier alpha value is -0.0900. The first-order chi connectivity index (χ1) is 6.77. The molecule has 82 valence electrons. The monoisotopic (exact) mass is 263 g/mol. The van der Waals surface area contributed by atoms with Gasteiger partial charge in [-0.3, -0.25) is 4.79 Å². The Labute approximate surface area is 93.7 Å². The SMILES string of the molecule is CCC(CBr)NC(=O)C1CCOCC1. The molecule has 0 bridgehead atoms. The van der Waals surface area contributed by atoms with Gasteiger partial charge in [0.15, 0.2) is 0 Å². The molecule has 1 atom stereocenters. The van der Waals surface area contributed by atoms with Crippen molar-refractivity contribution in [1.82, 2.24) is 5.32 Å². The zero-order valence-electron chi connectivity index (χ0n) is 8.59. The molecule has 14 heavy (non-hydrogen) atoms. The largest absolute Gasteiger partial charge is 0.381 e. The van der Waals surface area contributed by atoms with E-state index in [4.69, 9.17) is 4.74 Å². The lowest BCUT2D eigenvalue weighted by atomic mass is 9.99. The fraction of sp³-hybridized carbons (Fsp3) is 0.900. The van der Waals surface area contributed by atoms with Crippen LogP contribution in [-0.4, -0.2) is 30.5 Å². The van der Waals surface area contributed by atoms with Crippen molar-refractivity contribution in [3.8, 4) is 0 Å². The molecule has 0 aromatic carbocycles. The van der Waals surface area contributed by atoms with Gasteiger partial charge in [-0.25, -0.2) is 0 Å². The van der Waals surface area contributed by atoms with Crippen LogP contribution in [0.4, 0.5) is 0 Å². The normalized spacial score (nSPS) is 20.4. The second-order valence-electron chi connectivity index (χ2n) is 3.65. The van der Waals surface area contributed by atoms with Crippen LogP contribution in [0.5, 0.6) is 0 Å². The number of amides is 1. The minimum absolute atomic E-state index is 0.164. The highest BCUT2D eigenvalue weighted by atomic mass is 79.9. The third kappa shape index (κ3) is 3.58. The Morgan fingerprint density at radius 1 is 1.57 bits per heavy atom. The molecule has 1 amide bonds. The Morgan fingerprint density at radius 2 is 2.21 bits per heavy atom. The second kappa shape index (κ2) is 6.40. The van der Waals surface area contributed by atoms with Gasteiger partial charge < -0.3 is 10.1 Å². The molecule has 0 spiro atoms. The number of carbonyl (C=O) groups is 1. The van der Waals surface area contributed by atoms with E-state index < -0.39 is 0 Å². The molecular weight excluding hydrogens is 246 g/mol. The highest BCUT2D eigenvalue weighted by Crippen LogP contribution is 2.15. The molecule has 0 aromatic heterocycles. The molecule has 1 heterocycles. The van der Waals surface area contributed by atoms with Crippen molar-refractivity contribution >= 4 is 21.8 Å². The molecule has 4 heteroatoms. The van der Waals surface area contributed by atoms with Crippen LogP contribution in [0.25, 0.3) is 0 Å². The molecule has 0 saturated carbocycles. The molecule has 0 aliphatic carbocycles. The standard InChI is InChI=1S/C10H18BrNO2/c1-2-9(7-11)12-10(13)8-3-5-14-6-4-8/h8-9H,2-7H2,1H3,(H,12,13). The van der Waals surface area contributed by atoms with Crippen LogP contribution in [0.15, 0.2) is 0 Å². The molecule has 1 aliphatic rings. The van der Waals surface area contributed by atoms with Gasteiger partial charge in [0.05, 0.1) is 0 Å². The fourth-order valence-electron chi connectivity index (χ4n) is 1.53. The molecule has 1 fully saturated rings. The van der Waals surface area contributed by atoms with E-state index in [9.17, 15) is 4.79 Å². The highest BCUT2D eigenvalue weighted by molar-refractivity contribution is 9.09. The van der Waals surface area contributed by atoms with E-state index in [2.05, 4.69) is 28.2 Å². The van der Waals surface area contributed by atoms with Crippen molar-refractivity contribution < 1.29 is 9.53 Å². The van der Waals surface area contributed by atoms with Gasteiger partial charge in [0.2, 0.25) is 5.91 Å². The van der Waals surface area contributed by atoms with E-state index in [0.29, 0.717) is 0 Å². The molecule has 1 rings (SSSR count). The van der Waals surface area contributed by atoms with Gasteiger partial charge in [-0.05, 0) is 19.3 Å². The smallest absolute Gasteiger partial charge is 0.223 e. The first-order valence-electron chi connectivity index (χ1n) is 5.22. The van der Waals surface area contributed by atoms with E-state index >= 15 is 0 Å². The lowest BCUT2D eigenvalue weighted by Gasteiger charge is -2.23. The van der Waals surface area contributed by atoms with Crippen molar-refractivity contribution in [2.45, 2.75) is 32.2 Å². The minimum atomic E-state index is 0.164. The lowest BCUT2D eigenvalue weighted by molar-refractivity contribution is -0.128. The number of carbonyl (C=O) groups excluding carboxylic acids is 1. The van der Waals surface area contributed by atoms with Crippen molar-refractivity contribution in [2.24, 2.45) is 5.92 Å². The predicted molar refractivity (Wildman–Crippen MR) is 59.6 cm³/mol. The maximum absolute atomic E-state index is 11.7. The van der Waals surface area contributed by atoms with Crippen LogP contribution >= 0.6 is 15.9 Å². The average Bonchev–Trinajstić information content (AvgIpc) is 2.26. The van der Waals surface area contributed by atoms with Crippen LogP contribution in [0.1, 0.15) is 26.2 Å². The van der Waals surface area contributed by atoms with E-state index in [0.717, 1.165) is 37.8 Å². The van der Waals surface area contributed by atoms with Crippen LogP contribution in [0.2, 0.25) is 0 Å². The lowest BCUT2D eigenvalue weighted by Crippen LogP contribution is -2.41. The van der Waals surface area contributed by atoms with Gasteiger partial charge in [0, 0.05) is 30.5 Å². The molecule has 1 unspecified atom stereocenters. The summed E-state index contributed by atoms with van der Waals surface area (Å²) in [6, 6.07) is 0.269. The number of hydrogen-bond donors (Lipinski definition) is 1. The van der Waals surface area contributed by atoms with Crippen molar-refractivity contribution in [1.29, 1.82) is 0 Å². The molecule has 1 aliphatic heterocycles. The topological polar surface area (TPSA) is 38.3 Å². The summed E-state index contributed by atoms with van der Waals surface area (Å²) in [5.41, 5.74) is 0. The number of hydrogen-bond acceptors (Lipinski definition) is 2. The maximum Gasteiger partial charge on any atom is 0.223 e. The summed E-state index contributed by atoms with van der Waals surface area (Å²) in [6.07, 6.45) is 2.70. The number of rotatable bonds is 4. The van der Waals surface area contributed by atoms with E-state index in [1.165, 1.54) is 0 Å². The Bertz CT molecular complexity index is 177. The summed E-state index contributed by atoms with van der Waals surface area (Å²) in [5.74, 6) is 0.358. The molecule has 0 aromatic rings. The first-order valence-corrected chi connectivity index (χ1v) is 6.34. The molecule has 3 nitrogen and oxygen atoms in total.